The van der Waals surface area contributed by atoms with Crippen molar-refractivity contribution in [3.63, 3.8) is 0 Å². The molecule has 4 heterocycles. The number of benzene rings is 1. The summed E-state index contributed by atoms with van der Waals surface area (Å²) in [5.41, 5.74) is 5.58. The van der Waals surface area contributed by atoms with Crippen LogP contribution in [0.4, 0.5) is 5.69 Å². The van der Waals surface area contributed by atoms with Crippen LogP contribution in [0.3, 0.4) is 0 Å². The van der Waals surface area contributed by atoms with Crippen molar-refractivity contribution in [1.82, 2.24) is 20.4 Å². The first-order valence-corrected chi connectivity index (χ1v) is 9.72. The third-order valence-corrected chi connectivity index (χ3v) is 6.06. The van der Waals surface area contributed by atoms with Gasteiger partial charge in [0.25, 0.3) is 5.91 Å². The van der Waals surface area contributed by atoms with Crippen molar-refractivity contribution >= 4 is 11.6 Å². The number of likely N-dealkylation sites (tertiary alicyclic amines) is 1. The summed E-state index contributed by atoms with van der Waals surface area (Å²) < 4.78 is 0. The molecule has 1 amide bonds. The Morgan fingerprint density at radius 2 is 2.15 bits per heavy atom. The number of nitrogens with zero attached hydrogens (tertiary/aromatic N) is 3. The zero-order valence-corrected chi connectivity index (χ0v) is 15.0. The van der Waals surface area contributed by atoms with Crippen LogP contribution in [-0.2, 0) is 19.4 Å². The monoisotopic (exact) mass is 351 g/mol. The van der Waals surface area contributed by atoms with E-state index in [0.29, 0.717) is 5.69 Å². The highest BCUT2D eigenvalue weighted by molar-refractivity contribution is 5.94. The molecule has 136 valence electrons. The molecule has 1 aromatic carbocycles. The molecule has 6 heteroatoms. The summed E-state index contributed by atoms with van der Waals surface area (Å²) in [5, 5.41) is 10.8. The predicted molar refractivity (Wildman–Crippen MR) is 100 cm³/mol. The van der Waals surface area contributed by atoms with E-state index in [1.54, 1.807) is 0 Å². The molecular weight excluding hydrogens is 326 g/mol. The van der Waals surface area contributed by atoms with Crippen LogP contribution in [0.15, 0.2) is 24.3 Å². The van der Waals surface area contributed by atoms with Crippen molar-refractivity contribution in [2.75, 3.05) is 31.1 Å². The van der Waals surface area contributed by atoms with Gasteiger partial charge < -0.3 is 15.1 Å². The van der Waals surface area contributed by atoms with Gasteiger partial charge in [-0.15, -0.1) is 0 Å². The second kappa shape index (κ2) is 6.43. The molecule has 1 saturated heterocycles. The molecule has 0 saturated carbocycles. The van der Waals surface area contributed by atoms with Gasteiger partial charge in [-0.2, -0.15) is 5.10 Å². The van der Waals surface area contributed by atoms with E-state index in [0.717, 1.165) is 69.7 Å². The number of hydrogen-bond acceptors (Lipinski definition) is 4. The molecule has 0 bridgehead atoms. The lowest BCUT2D eigenvalue weighted by Gasteiger charge is -2.30. The third kappa shape index (κ3) is 2.60. The molecule has 2 N–H and O–H groups in total. The number of fused-ring (bicyclic) bond motifs is 2. The van der Waals surface area contributed by atoms with E-state index in [1.165, 1.54) is 11.3 Å². The second-order valence-corrected chi connectivity index (χ2v) is 7.58. The van der Waals surface area contributed by atoms with Crippen LogP contribution in [0.1, 0.15) is 40.2 Å². The number of aromatic amines is 1. The number of carbonyl (C=O) groups excluding carboxylic acids is 1. The Kier molecular flexibility index (Phi) is 3.93. The maximum Gasteiger partial charge on any atom is 0.275 e. The number of amides is 1. The summed E-state index contributed by atoms with van der Waals surface area (Å²) in [7, 11) is 0. The van der Waals surface area contributed by atoms with Crippen LogP contribution < -0.4 is 10.2 Å². The minimum Gasteiger partial charge on any atom is -0.369 e. The molecule has 0 radical (unpaired) electrons. The Morgan fingerprint density at radius 3 is 3.12 bits per heavy atom. The van der Waals surface area contributed by atoms with Gasteiger partial charge >= 0.3 is 0 Å². The van der Waals surface area contributed by atoms with Crippen LogP contribution in [0.5, 0.6) is 0 Å². The Labute approximate surface area is 153 Å². The van der Waals surface area contributed by atoms with Crippen LogP contribution >= 0.6 is 0 Å². The highest BCUT2D eigenvalue weighted by Crippen LogP contribution is 2.30. The molecule has 0 spiro atoms. The van der Waals surface area contributed by atoms with Gasteiger partial charge in [-0.1, -0.05) is 18.2 Å². The lowest BCUT2D eigenvalue weighted by Crippen LogP contribution is -2.43. The summed E-state index contributed by atoms with van der Waals surface area (Å²) in [6.45, 7) is 4.51. The number of para-hydroxylation sites is 1. The minimum atomic E-state index is 0.0983. The fraction of sp³-hybridized carbons (Fsp3) is 0.500. The van der Waals surface area contributed by atoms with Gasteiger partial charge in [0.15, 0.2) is 5.69 Å². The number of hydrogen-bond donors (Lipinski definition) is 2. The average molecular weight is 351 g/mol. The maximum atomic E-state index is 13.2. The molecular formula is C20H25N5O. The van der Waals surface area contributed by atoms with Gasteiger partial charge in [0.1, 0.15) is 0 Å². The van der Waals surface area contributed by atoms with Gasteiger partial charge in [-0.25, -0.2) is 0 Å². The number of carbonyl (C=O) groups is 1. The Bertz CT molecular complexity index is 829. The smallest absolute Gasteiger partial charge is 0.275 e. The lowest BCUT2D eigenvalue weighted by molar-refractivity contribution is 0.0733. The van der Waals surface area contributed by atoms with Crippen LogP contribution in [0.25, 0.3) is 0 Å². The van der Waals surface area contributed by atoms with Gasteiger partial charge in [-0.3, -0.25) is 9.89 Å². The number of aromatic nitrogens is 2. The Morgan fingerprint density at radius 1 is 1.23 bits per heavy atom. The molecule has 6 nitrogen and oxygen atoms in total. The minimum absolute atomic E-state index is 0.0983. The second-order valence-electron chi connectivity index (χ2n) is 7.58. The number of anilines is 1. The first kappa shape index (κ1) is 15.9. The predicted octanol–water partition coefficient (Wildman–Crippen LogP) is 1.72. The molecule has 1 atom stereocenters. The topological polar surface area (TPSA) is 64.3 Å². The molecule has 0 aliphatic carbocycles. The van der Waals surface area contributed by atoms with Crippen LogP contribution in [0, 0.1) is 0 Å². The molecule has 3 aliphatic rings. The lowest BCUT2D eigenvalue weighted by atomic mass is 10.1. The zero-order chi connectivity index (χ0) is 17.5. The summed E-state index contributed by atoms with van der Waals surface area (Å²) in [4.78, 5) is 17.7. The van der Waals surface area contributed by atoms with E-state index in [1.807, 2.05) is 0 Å². The van der Waals surface area contributed by atoms with Crippen LogP contribution in [-0.4, -0.2) is 53.2 Å². The summed E-state index contributed by atoms with van der Waals surface area (Å²) in [6, 6.07) is 8.92. The quantitative estimate of drug-likeness (QED) is 0.884. The molecule has 26 heavy (non-hydrogen) atoms. The summed E-state index contributed by atoms with van der Waals surface area (Å²) in [5.74, 6) is 0.0983. The highest BCUT2D eigenvalue weighted by Gasteiger charge is 2.35. The van der Waals surface area contributed by atoms with Crippen molar-refractivity contribution in [3.05, 3.63) is 46.8 Å². The first-order chi connectivity index (χ1) is 12.8. The fourth-order valence-corrected chi connectivity index (χ4v) is 4.68. The van der Waals surface area contributed by atoms with E-state index >= 15 is 0 Å². The summed E-state index contributed by atoms with van der Waals surface area (Å²) >= 11 is 0. The molecule has 3 aliphatic heterocycles. The maximum absolute atomic E-state index is 13.2. The van der Waals surface area contributed by atoms with Crippen LogP contribution in [0.2, 0.25) is 0 Å². The average Bonchev–Trinajstić information content (AvgIpc) is 3.40. The van der Waals surface area contributed by atoms with E-state index in [4.69, 9.17) is 0 Å². The molecule has 1 fully saturated rings. The van der Waals surface area contributed by atoms with E-state index in [2.05, 4.69) is 49.6 Å². The first-order valence-electron chi connectivity index (χ1n) is 9.72. The molecule has 1 aromatic heterocycles. The zero-order valence-electron chi connectivity index (χ0n) is 15.0. The fourth-order valence-electron chi connectivity index (χ4n) is 4.68. The Balaban J connectivity index is 1.35. The van der Waals surface area contributed by atoms with Crippen molar-refractivity contribution in [3.8, 4) is 0 Å². The van der Waals surface area contributed by atoms with Gasteiger partial charge in [0.2, 0.25) is 0 Å². The number of nitrogens with one attached hydrogen (secondary N) is 2. The van der Waals surface area contributed by atoms with E-state index in [-0.39, 0.29) is 11.9 Å². The number of rotatable bonds is 3. The third-order valence-electron chi connectivity index (χ3n) is 6.06. The number of H-pyrrole nitrogens is 1. The van der Waals surface area contributed by atoms with Crippen molar-refractivity contribution in [2.45, 2.75) is 38.3 Å². The van der Waals surface area contributed by atoms with Crippen molar-refractivity contribution < 1.29 is 4.79 Å². The van der Waals surface area contributed by atoms with E-state index < -0.39 is 0 Å². The highest BCUT2D eigenvalue weighted by atomic mass is 16.2. The summed E-state index contributed by atoms with van der Waals surface area (Å²) in [6.07, 6.45) is 4.19. The molecule has 2 aromatic rings. The Hall–Kier alpha value is -2.34. The molecule has 5 rings (SSSR count). The van der Waals surface area contributed by atoms with Crippen molar-refractivity contribution in [1.29, 1.82) is 0 Å². The SMILES string of the molecule is O=C(c1n[nH]c2c1CNCC2)N1CCCC1CN1CCc2ccccc21. The van der Waals surface area contributed by atoms with E-state index in [9.17, 15) is 4.79 Å². The van der Waals surface area contributed by atoms with Gasteiger partial charge in [0.05, 0.1) is 0 Å². The van der Waals surface area contributed by atoms with Gasteiger partial charge in [-0.05, 0) is 30.9 Å². The largest absolute Gasteiger partial charge is 0.369 e. The van der Waals surface area contributed by atoms with Gasteiger partial charge in [0, 0.05) is 62.1 Å². The standard InChI is InChI=1S/C20H25N5O/c26-20(19-16-12-21-9-7-17(16)22-23-19)25-10-3-5-15(25)13-24-11-8-14-4-1-2-6-18(14)24/h1-2,4,6,15,21H,3,5,7-13H2,(H,22,23). The van der Waals surface area contributed by atoms with Crippen molar-refractivity contribution in [2.24, 2.45) is 0 Å². The molecule has 1 unspecified atom stereocenters. The normalized spacial score (nSPS) is 21.8.